The number of benzene rings is 2. The van der Waals surface area contributed by atoms with Crippen LogP contribution >= 0.6 is 0 Å². The van der Waals surface area contributed by atoms with Gasteiger partial charge in [0.15, 0.2) is 0 Å². The Morgan fingerprint density at radius 2 is 1.92 bits per heavy atom. The highest BCUT2D eigenvalue weighted by molar-refractivity contribution is 5.99. The van der Waals surface area contributed by atoms with Crippen molar-refractivity contribution < 1.29 is 9.90 Å². The summed E-state index contributed by atoms with van der Waals surface area (Å²) in [5.41, 5.74) is 5.75. The van der Waals surface area contributed by atoms with Crippen LogP contribution in [0, 0.1) is 13.8 Å². The van der Waals surface area contributed by atoms with Gasteiger partial charge in [0.05, 0.1) is 11.2 Å². The Bertz CT molecular complexity index is 995. The molecule has 25 heavy (non-hydrogen) atoms. The van der Waals surface area contributed by atoms with E-state index in [4.69, 9.17) is 4.98 Å². The molecular formula is C21H20N2O2. The molecule has 1 aliphatic rings. The summed E-state index contributed by atoms with van der Waals surface area (Å²) < 4.78 is 0. The van der Waals surface area contributed by atoms with Crippen molar-refractivity contribution in [1.82, 2.24) is 4.98 Å². The summed E-state index contributed by atoms with van der Waals surface area (Å²) >= 11 is 0. The van der Waals surface area contributed by atoms with Crippen LogP contribution in [0.15, 0.2) is 42.5 Å². The van der Waals surface area contributed by atoms with E-state index in [0.29, 0.717) is 6.42 Å². The third-order valence-electron chi connectivity index (χ3n) is 4.84. The van der Waals surface area contributed by atoms with Gasteiger partial charge in [-0.3, -0.25) is 4.79 Å². The van der Waals surface area contributed by atoms with Crippen LogP contribution in [0.2, 0.25) is 0 Å². The summed E-state index contributed by atoms with van der Waals surface area (Å²) in [6.07, 6.45) is 1.53. The fourth-order valence-electron chi connectivity index (χ4n) is 3.55. The highest BCUT2D eigenvalue weighted by Gasteiger charge is 2.23. The number of pyridine rings is 1. The molecule has 126 valence electrons. The van der Waals surface area contributed by atoms with Crippen molar-refractivity contribution in [1.29, 1.82) is 0 Å². The summed E-state index contributed by atoms with van der Waals surface area (Å²) in [5, 5.41) is 10.8. The van der Waals surface area contributed by atoms with Crippen molar-refractivity contribution in [3.05, 3.63) is 53.6 Å². The average molecular weight is 332 g/mol. The van der Waals surface area contributed by atoms with E-state index < -0.39 is 0 Å². The van der Waals surface area contributed by atoms with Gasteiger partial charge in [-0.1, -0.05) is 12.1 Å². The molecule has 0 aliphatic carbocycles. The van der Waals surface area contributed by atoms with Crippen molar-refractivity contribution in [3.8, 4) is 17.0 Å². The van der Waals surface area contributed by atoms with Gasteiger partial charge in [-0.25, -0.2) is 4.98 Å². The van der Waals surface area contributed by atoms with Gasteiger partial charge in [0, 0.05) is 29.6 Å². The number of aromatic hydroxyl groups is 1. The zero-order chi connectivity index (χ0) is 17.6. The van der Waals surface area contributed by atoms with E-state index in [0.717, 1.165) is 51.9 Å². The molecule has 1 aliphatic heterocycles. The van der Waals surface area contributed by atoms with Crippen LogP contribution in [-0.4, -0.2) is 22.5 Å². The van der Waals surface area contributed by atoms with Crippen molar-refractivity contribution >= 4 is 22.5 Å². The molecule has 2 heterocycles. The fourth-order valence-corrected chi connectivity index (χ4v) is 3.55. The minimum Gasteiger partial charge on any atom is -0.508 e. The summed E-state index contributed by atoms with van der Waals surface area (Å²) in [7, 11) is 0. The molecule has 4 rings (SSSR count). The second-order valence-corrected chi connectivity index (χ2v) is 6.68. The maximum atomic E-state index is 12.1. The van der Waals surface area contributed by atoms with E-state index >= 15 is 0 Å². The Kier molecular flexibility index (Phi) is 3.68. The summed E-state index contributed by atoms with van der Waals surface area (Å²) in [4.78, 5) is 18.8. The van der Waals surface area contributed by atoms with Gasteiger partial charge in [0.1, 0.15) is 5.75 Å². The number of carbonyl (C=O) groups excluding carboxylic acids is 1. The monoisotopic (exact) mass is 332 g/mol. The number of hydrogen-bond donors (Lipinski definition) is 1. The number of phenols is 1. The maximum Gasteiger partial charge on any atom is 0.227 e. The third kappa shape index (κ3) is 2.74. The van der Waals surface area contributed by atoms with Crippen LogP contribution in [0.25, 0.3) is 22.2 Å². The summed E-state index contributed by atoms with van der Waals surface area (Å²) in [5.74, 6) is 0.410. The second-order valence-electron chi connectivity index (χ2n) is 6.68. The van der Waals surface area contributed by atoms with Crippen LogP contribution in [0.1, 0.15) is 24.0 Å². The Morgan fingerprint density at radius 3 is 2.64 bits per heavy atom. The number of aromatic nitrogens is 1. The molecule has 4 heteroatoms. The molecule has 3 aromatic rings. The molecule has 1 amide bonds. The number of nitrogens with zero attached hydrogens (tertiary/aromatic N) is 2. The minimum absolute atomic E-state index is 0.184. The molecule has 2 aromatic carbocycles. The molecule has 1 aromatic heterocycles. The smallest absolute Gasteiger partial charge is 0.227 e. The van der Waals surface area contributed by atoms with Crippen LogP contribution < -0.4 is 4.90 Å². The first kappa shape index (κ1) is 15.6. The van der Waals surface area contributed by atoms with E-state index in [1.54, 1.807) is 12.1 Å². The molecule has 0 radical (unpaired) electrons. The standard InChI is InChI=1S/C21H20N2O2/c1-13-10-18(15-5-3-6-16(24)11-15)22-19-12-20(14(2)9-17(13)19)23-8-4-7-21(23)25/h3,5-6,9-12,24H,4,7-8H2,1-2H3. The predicted octanol–water partition coefficient (Wildman–Crippen LogP) is 4.35. The van der Waals surface area contributed by atoms with Crippen LogP contribution in [0.4, 0.5) is 5.69 Å². The number of aryl methyl sites for hydroxylation is 2. The Labute approximate surface area is 146 Å². The molecule has 0 bridgehead atoms. The summed E-state index contributed by atoms with van der Waals surface area (Å²) in [6, 6.07) is 13.3. The average Bonchev–Trinajstić information content (AvgIpc) is 3.01. The van der Waals surface area contributed by atoms with Gasteiger partial charge in [-0.05, 0) is 61.7 Å². The number of rotatable bonds is 2. The highest BCUT2D eigenvalue weighted by atomic mass is 16.3. The molecule has 0 spiro atoms. The first-order valence-corrected chi connectivity index (χ1v) is 8.55. The van der Waals surface area contributed by atoms with Crippen molar-refractivity contribution in [2.75, 3.05) is 11.4 Å². The number of amides is 1. The number of hydrogen-bond acceptors (Lipinski definition) is 3. The first-order valence-electron chi connectivity index (χ1n) is 8.55. The molecule has 0 unspecified atom stereocenters. The maximum absolute atomic E-state index is 12.1. The first-order chi connectivity index (χ1) is 12.0. The molecule has 1 saturated heterocycles. The highest BCUT2D eigenvalue weighted by Crippen LogP contribution is 2.32. The van der Waals surface area contributed by atoms with Crippen molar-refractivity contribution in [3.63, 3.8) is 0 Å². The van der Waals surface area contributed by atoms with Crippen LogP contribution in [0.5, 0.6) is 5.75 Å². The number of carbonyl (C=O) groups is 1. The number of anilines is 1. The Hall–Kier alpha value is -2.88. The quantitative estimate of drug-likeness (QED) is 0.759. The molecule has 0 atom stereocenters. The molecule has 1 fully saturated rings. The van der Waals surface area contributed by atoms with Crippen molar-refractivity contribution in [2.24, 2.45) is 0 Å². The molecule has 0 saturated carbocycles. The Balaban J connectivity index is 1.89. The van der Waals surface area contributed by atoms with E-state index in [2.05, 4.69) is 13.0 Å². The SMILES string of the molecule is Cc1cc2c(C)cc(-c3cccc(O)c3)nc2cc1N1CCCC1=O. The van der Waals surface area contributed by atoms with E-state index in [9.17, 15) is 9.90 Å². The van der Waals surface area contributed by atoms with Gasteiger partial charge in [-0.2, -0.15) is 0 Å². The van der Waals surface area contributed by atoms with Gasteiger partial charge >= 0.3 is 0 Å². The lowest BCUT2D eigenvalue weighted by molar-refractivity contribution is -0.117. The molecule has 4 nitrogen and oxygen atoms in total. The summed E-state index contributed by atoms with van der Waals surface area (Å²) in [6.45, 7) is 4.88. The van der Waals surface area contributed by atoms with E-state index in [-0.39, 0.29) is 11.7 Å². The largest absolute Gasteiger partial charge is 0.508 e. The lowest BCUT2D eigenvalue weighted by atomic mass is 10.0. The zero-order valence-corrected chi connectivity index (χ0v) is 14.4. The molecule has 1 N–H and O–H groups in total. The lowest BCUT2D eigenvalue weighted by Crippen LogP contribution is -2.24. The van der Waals surface area contributed by atoms with E-state index in [1.807, 2.05) is 36.1 Å². The lowest BCUT2D eigenvalue weighted by Gasteiger charge is -2.19. The van der Waals surface area contributed by atoms with Gasteiger partial charge in [0.2, 0.25) is 5.91 Å². The topological polar surface area (TPSA) is 53.4 Å². The Morgan fingerprint density at radius 1 is 1.08 bits per heavy atom. The normalized spacial score (nSPS) is 14.5. The molecular weight excluding hydrogens is 312 g/mol. The van der Waals surface area contributed by atoms with E-state index in [1.165, 1.54) is 0 Å². The minimum atomic E-state index is 0.184. The van der Waals surface area contributed by atoms with Crippen LogP contribution in [0.3, 0.4) is 0 Å². The van der Waals surface area contributed by atoms with Gasteiger partial charge in [-0.15, -0.1) is 0 Å². The number of fused-ring (bicyclic) bond motifs is 1. The number of phenolic OH excluding ortho intramolecular Hbond substituents is 1. The van der Waals surface area contributed by atoms with Gasteiger partial charge < -0.3 is 10.0 Å². The zero-order valence-electron chi connectivity index (χ0n) is 14.4. The fraction of sp³-hybridized carbons (Fsp3) is 0.238. The predicted molar refractivity (Wildman–Crippen MR) is 99.9 cm³/mol. The van der Waals surface area contributed by atoms with Gasteiger partial charge in [0.25, 0.3) is 0 Å². The third-order valence-corrected chi connectivity index (χ3v) is 4.84. The van der Waals surface area contributed by atoms with Crippen LogP contribution in [-0.2, 0) is 4.79 Å². The second kappa shape index (κ2) is 5.88. The van der Waals surface area contributed by atoms with Crippen molar-refractivity contribution in [2.45, 2.75) is 26.7 Å².